The largest absolute Gasteiger partial charge is 0.476 e. The smallest absolute Gasteiger partial charge is 0.356 e. The van der Waals surface area contributed by atoms with Crippen molar-refractivity contribution in [1.29, 1.82) is 0 Å². The highest BCUT2D eigenvalue weighted by Gasteiger charge is 2.16. The molecule has 1 aromatic heterocycles. The second-order valence-electron chi connectivity index (χ2n) is 3.86. The van der Waals surface area contributed by atoms with Gasteiger partial charge in [-0.25, -0.2) is 4.79 Å². The van der Waals surface area contributed by atoms with Crippen LogP contribution < -0.4 is 0 Å². The van der Waals surface area contributed by atoms with E-state index in [1.165, 1.54) is 6.07 Å². The van der Waals surface area contributed by atoms with Crippen molar-refractivity contribution < 1.29 is 9.90 Å². The highest BCUT2D eigenvalue weighted by Crippen LogP contribution is 2.18. The molecule has 4 heteroatoms. The van der Waals surface area contributed by atoms with Gasteiger partial charge in [-0.1, -0.05) is 20.8 Å². The van der Waals surface area contributed by atoms with Crippen LogP contribution in [0.25, 0.3) is 0 Å². The first-order valence-electron chi connectivity index (χ1n) is 3.99. The molecule has 0 saturated heterocycles. The van der Waals surface area contributed by atoms with E-state index in [1.807, 2.05) is 20.8 Å². The quantitative estimate of drug-likeness (QED) is 0.710. The molecule has 0 fully saturated rings. The molecule has 0 amide bonds. The van der Waals surface area contributed by atoms with E-state index in [9.17, 15) is 4.79 Å². The van der Waals surface area contributed by atoms with Gasteiger partial charge in [-0.05, 0) is 12.1 Å². The molecule has 0 aliphatic carbocycles. The molecule has 0 aliphatic rings. The molecule has 13 heavy (non-hydrogen) atoms. The van der Waals surface area contributed by atoms with Crippen LogP contribution in [0.2, 0.25) is 0 Å². The number of carbonyl (C=O) groups is 1. The second kappa shape index (κ2) is 3.12. The van der Waals surface area contributed by atoms with Gasteiger partial charge < -0.3 is 5.11 Å². The lowest BCUT2D eigenvalue weighted by atomic mass is 9.92. The molecule has 0 aliphatic heterocycles. The molecule has 70 valence electrons. The van der Waals surface area contributed by atoms with Crippen LogP contribution in [0, 0.1) is 0 Å². The lowest BCUT2D eigenvalue weighted by Gasteiger charge is -2.15. The monoisotopic (exact) mass is 180 g/mol. The number of rotatable bonds is 1. The maximum Gasteiger partial charge on any atom is 0.356 e. The van der Waals surface area contributed by atoms with Gasteiger partial charge in [-0.3, -0.25) is 0 Å². The Morgan fingerprint density at radius 2 is 1.92 bits per heavy atom. The van der Waals surface area contributed by atoms with Crippen molar-refractivity contribution in [1.82, 2.24) is 10.2 Å². The summed E-state index contributed by atoms with van der Waals surface area (Å²) < 4.78 is 0. The molecule has 0 saturated carbocycles. The first kappa shape index (κ1) is 9.64. The third kappa shape index (κ3) is 2.24. The molecular formula is C9H12N2O2. The lowest BCUT2D eigenvalue weighted by molar-refractivity contribution is 0.0689. The topological polar surface area (TPSA) is 63.1 Å². The van der Waals surface area contributed by atoms with Gasteiger partial charge in [0.2, 0.25) is 0 Å². The minimum atomic E-state index is -1.05. The summed E-state index contributed by atoms with van der Waals surface area (Å²) in [6.07, 6.45) is 0. The van der Waals surface area contributed by atoms with E-state index in [4.69, 9.17) is 5.11 Å². The second-order valence-corrected chi connectivity index (χ2v) is 3.86. The fourth-order valence-corrected chi connectivity index (χ4v) is 0.846. The number of aromatic nitrogens is 2. The third-order valence-corrected chi connectivity index (χ3v) is 1.65. The Morgan fingerprint density at radius 3 is 2.23 bits per heavy atom. The number of aromatic carboxylic acids is 1. The first-order valence-corrected chi connectivity index (χ1v) is 3.99. The molecule has 0 radical (unpaired) electrons. The van der Waals surface area contributed by atoms with Crippen molar-refractivity contribution in [3.05, 3.63) is 23.5 Å². The summed E-state index contributed by atoms with van der Waals surface area (Å²) in [4.78, 5) is 10.5. The van der Waals surface area contributed by atoms with Crippen LogP contribution >= 0.6 is 0 Å². The predicted octanol–water partition coefficient (Wildman–Crippen LogP) is 1.47. The zero-order valence-electron chi connectivity index (χ0n) is 7.90. The Hall–Kier alpha value is -1.45. The summed E-state index contributed by atoms with van der Waals surface area (Å²) in [7, 11) is 0. The van der Waals surface area contributed by atoms with E-state index in [0.29, 0.717) is 0 Å². The Bertz CT molecular complexity index is 311. The summed E-state index contributed by atoms with van der Waals surface area (Å²) in [5, 5.41) is 16.0. The Labute approximate surface area is 76.6 Å². The van der Waals surface area contributed by atoms with Gasteiger partial charge in [-0.15, -0.1) is 5.10 Å². The van der Waals surface area contributed by atoms with Crippen molar-refractivity contribution in [3.63, 3.8) is 0 Å². The summed E-state index contributed by atoms with van der Waals surface area (Å²) in [5.41, 5.74) is 0.676. The Morgan fingerprint density at radius 1 is 1.31 bits per heavy atom. The van der Waals surface area contributed by atoms with E-state index in [-0.39, 0.29) is 11.1 Å². The molecule has 1 N–H and O–H groups in total. The summed E-state index contributed by atoms with van der Waals surface area (Å²) >= 11 is 0. The average molecular weight is 180 g/mol. The summed E-state index contributed by atoms with van der Waals surface area (Å²) in [6.45, 7) is 5.99. The van der Waals surface area contributed by atoms with E-state index >= 15 is 0 Å². The number of hydrogen-bond acceptors (Lipinski definition) is 3. The number of hydrogen-bond donors (Lipinski definition) is 1. The molecule has 4 nitrogen and oxygen atoms in total. The maximum atomic E-state index is 10.5. The Kier molecular flexibility index (Phi) is 2.32. The summed E-state index contributed by atoms with van der Waals surface area (Å²) in [5.74, 6) is -1.05. The van der Waals surface area contributed by atoms with Crippen molar-refractivity contribution in [3.8, 4) is 0 Å². The standard InChI is InChI=1S/C9H12N2O2/c1-9(2,3)7-5-4-6(8(12)13)10-11-7/h4-5H,1-3H3,(H,12,13). The molecule has 0 unspecified atom stereocenters. The van der Waals surface area contributed by atoms with Crippen LogP contribution in [-0.2, 0) is 5.41 Å². The molecule has 0 spiro atoms. The van der Waals surface area contributed by atoms with Gasteiger partial charge in [0.25, 0.3) is 0 Å². The highest BCUT2D eigenvalue weighted by atomic mass is 16.4. The van der Waals surface area contributed by atoms with E-state index in [0.717, 1.165) is 5.69 Å². The average Bonchev–Trinajstić information content (AvgIpc) is 2.03. The van der Waals surface area contributed by atoms with Crippen LogP contribution in [0.15, 0.2) is 12.1 Å². The summed E-state index contributed by atoms with van der Waals surface area (Å²) in [6, 6.07) is 3.16. The molecule has 0 bridgehead atoms. The van der Waals surface area contributed by atoms with E-state index in [2.05, 4.69) is 10.2 Å². The van der Waals surface area contributed by atoms with Gasteiger partial charge in [-0.2, -0.15) is 5.10 Å². The van der Waals surface area contributed by atoms with Gasteiger partial charge in [0.1, 0.15) is 0 Å². The molecule has 1 aromatic rings. The van der Waals surface area contributed by atoms with Gasteiger partial charge >= 0.3 is 5.97 Å². The van der Waals surface area contributed by atoms with Crippen LogP contribution in [0.4, 0.5) is 0 Å². The van der Waals surface area contributed by atoms with Gasteiger partial charge in [0, 0.05) is 5.41 Å². The van der Waals surface area contributed by atoms with Crippen LogP contribution in [0.5, 0.6) is 0 Å². The molecular weight excluding hydrogens is 168 g/mol. The fourth-order valence-electron chi connectivity index (χ4n) is 0.846. The molecule has 1 rings (SSSR count). The number of carboxylic acids is 1. The molecule has 0 atom stereocenters. The lowest BCUT2D eigenvalue weighted by Crippen LogP contribution is -2.15. The molecule has 1 heterocycles. The zero-order valence-corrected chi connectivity index (χ0v) is 7.90. The number of carboxylic acid groups (broad SMARTS) is 1. The van der Waals surface area contributed by atoms with Crippen molar-refractivity contribution in [2.45, 2.75) is 26.2 Å². The van der Waals surface area contributed by atoms with Crippen molar-refractivity contribution >= 4 is 5.97 Å². The van der Waals surface area contributed by atoms with E-state index in [1.54, 1.807) is 6.07 Å². The van der Waals surface area contributed by atoms with Crippen LogP contribution in [-0.4, -0.2) is 21.3 Å². The van der Waals surface area contributed by atoms with Gasteiger partial charge in [0.15, 0.2) is 5.69 Å². The highest BCUT2D eigenvalue weighted by molar-refractivity contribution is 5.84. The predicted molar refractivity (Wildman–Crippen MR) is 47.7 cm³/mol. The number of nitrogens with zero attached hydrogens (tertiary/aromatic N) is 2. The minimum Gasteiger partial charge on any atom is -0.476 e. The van der Waals surface area contributed by atoms with Gasteiger partial charge in [0.05, 0.1) is 5.69 Å². The zero-order chi connectivity index (χ0) is 10.1. The Balaban J connectivity index is 3.01. The van der Waals surface area contributed by atoms with Crippen molar-refractivity contribution in [2.75, 3.05) is 0 Å². The van der Waals surface area contributed by atoms with Crippen LogP contribution in [0.1, 0.15) is 37.0 Å². The minimum absolute atomic E-state index is 0.0204. The normalized spacial score (nSPS) is 11.3. The SMILES string of the molecule is CC(C)(C)c1ccc(C(=O)O)nn1. The van der Waals surface area contributed by atoms with Crippen molar-refractivity contribution in [2.24, 2.45) is 0 Å². The van der Waals surface area contributed by atoms with Crippen LogP contribution in [0.3, 0.4) is 0 Å². The molecule has 0 aromatic carbocycles. The fraction of sp³-hybridized carbons (Fsp3) is 0.444. The maximum absolute atomic E-state index is 10.5. The third-order valence-electron chi connectivity index (χ3n) is 1.65. The first-order chi connectivity index (χ1) is 5.91. The van der Waals surface area contributed by atoms with E-state index < -0.39 is 5.97 Å².